The van der Waals surface area contributed by atoms with Gasteiger partial charge in [0, 0.05) is 36.1 Å². The first kappa shape index (κ1) is 15.7. The Morgan fingerprint density at radius 1 is 1.28 bits per heavy atom. The number of fused-ring (bicyclic) bond motifs is 4. The lowest BCUT2D eigenvalue weighted by atomic mass is 9.65. The van der Waals surface area contributed by atoms with Gasteiger partial charge in [0.15, 0.2) is 0 Å². The van der Waals surface area contributed by atoms with Crippen molar-refractivity contribution in [3.05, 3.63) is 29.5 Å². The van der Waals surface area contributed by atoms with Gasteiger partial charge in [-0.05, 0) is 54.9 Å². The second-order valence-electron chi connectivity index (χ2n) is 8.16. The summed E-state index contributed by atoms with van der Waals surface area (Å²) in [5.74, 6) is 3.11. The van der Waals surface area contributed by atoms with Gasteiger partial charge >= 0.3 is 0 Å². The molecule has 0 spiro atoms. The summed E-state index contributed by atoms with van der Waals surface area (Å²) in [5.41, 5.74) is 4.04. The van der Waals surface area contributed by atoms with Crippen molar-refractivity contribution in [3.63, 3.8) is 0 Å². The summed E-state index contributed by atoms with van der Waals surface area (Å²) in [6.45, 7) is 4.86. The number of aliphatic hydroxyl groups excluding tert-OH is 1. The topological polar surface area (TPSA) is 37.6 Å². The Hall–Kier alpha value is -1.52. The summed E-state index contributed by atoms with van der Waals surface area (Å²) in [7, 11) is 1.73. The average Bonchev–Trinajstić information content (AvgIpc) is 2.92. The van der Waals surface area contributed by atoms with Crippen LogP contribution < -0.4 is 4.74 Å². The molecule has 5 atom stereocenters. The van der Waals surface area contributed by atoms with Crippen LogP contribution in [0.5, 0.6) is 5.75 Å². The van der Waals surface area contributed by atoms with E-state index in [2.05, 4.69) is 28.5 Å². The molecule has 3 aliphatic heterocycles. The van der Waals surface area contributed by atoms with Gasteiger partial charge in [0.1, 0.15) is 12.5 Å². The number of rotatable bonds is 3. The molecule has 2 saturated heterocycles. The van der Waals surface area contributed by atoms with Crippen LogP contribution in [0.3, 0.4) is 0 Å². The van der Waals surface area contributed by atoms with Crippen LogP contribution in [0.2, 0.25) is 0 Å². The highest BCUT2D eigenvalue weighted by molar-refractivity contribution is 5.87. The van der Waals surface area contributed by atoms with E-state index in [1.54, 1.807) is 7.11 Å². The first-order valence-electron chi connectivity index (χ1n) is 9.79. The van der Waals surface area contributed by atoms with Gasteiger partial charge in [-0.3, -0.25) is 4.90 Å². The normalized spacial score (nSPS) is 33.3. The van der Waals surface area contributed by atoms with Crippen LogP contribution in [0.25, 0.3) is 10.9 Å². The molecular weight excluding hydrogens is 312 g/mol. The molecule has 1 aromatic carbocycles. The zero-order chi connectivity index (χ0) is 17.1. The van der Waals surface area contributed by atoms with Crippen molar-refractivity contribution in [3.8, 4) is 5.75 Å². The number of hydrogen-bond donors (Lipinski definition) is 1. The van der Waals surface area contributed by atoms with E-state index in [1.165, 1.54) is 42.5 Å². The van der Waals surface area contributed by atoms with Crippen molar-refractivity contribution in [2.45, 2.75) is 51.3 Å². The van der Waals surface area contributed by atoms with Gasteiger partial charge in [0.2, 0.25) is 0 Å². The van der Waals surface area contributed by atoms with Crippen molar-refractivity contribution in [1.29, 1.82) is 0 Å². The molecule has 4 aliphatic rings. The molecular formula is C21H28N2O2. The zero-order valence-corrected chi connectivity index (χ0v) is 15.2. The van der Waals surface area contributed by atoms with Gasteiger partial charge in [-0.25, -0.2) is 0 Å². The molecule has 4 heterocycles. The molecule has 1 unspecified atom stereocenters. The summed E-state index contributed by atoms with van der Waals surface area (Å²) < 4.78 is 7.66. The Bertz CT molecular complexity index is 812. The van der Waals surface area contributed by atoms with Gasteiger partial charge in [-0.2, -0.15) is 0 Å². The molecule has 1 aromatic heterocycles. The quantitative estimate of drug-likeness (QED) is 0.931. The van der Waals surface area contributed by atoms with E-state index in [-0.39, 0.29) is 6.73 Å². The van der Waals surface area contributed by atoms with Crippen molar-refractivity contribution < 1.29 is 9.84 Å². The minimum atomic E-state index is 0.0723. The Morgan fingerprint density at radius 2 is 2.16 bits per heavy atom. The number of piperidine rings is 2. The number of nitrogens with zero attached hydrogens (tertiary/aromatic N) is 2. The molecule has 1 saturated carbocycles. The molecule has 1 aliphatic carbocycles. The number of benzene rings is 1. The predicted octanol–water partition coefficient (Wildman–Crippen LogP) is 3.36. The fraction of sp³-hybridized carbons (Fsp3) is 0.619. The third-order valence-electron chi connectivity index (χ3n) is 7.12. The first-order chi connectivity index (χ1) is 12.2. The number of hydrogen-bond acceptors (Lipinski definition) is 3. The number of aliphatic hydroxyl groups is 1. The van der Waals surface area contributed by atoms with Crippen LogP contribution in [0, 0.1) is 11.8 Å². The Labute approximate surface area is 149 Å². The van der Waals surface area contributed by atoms with E-state index in [0.29, 0.717) is 12.0 Å². The van der Waals surface area contributed by atoms with Crippen LogP contribution in [0.1, 0.15) is 43.4 Å². The summed E-state index contributed by atoms with van der Waals surface area (Å²) >= 11 is 0. The highest BCUT2D eigenvalue weighted by Gasteiger charge is 2.49. The third-order valence-corrected chi connectivity index (χ3v) is 7.12. The van der Waals surface area contributed by atoms with E-state index in [9.17, 15) is 5.11 Å². The minimum Gasteiger partial charge on any atom is -0.497 e. The van der Waals surface area contributed by atoms with E-state index in [0.717, 1.165) is 36.1 Å². The van der Waals surface area contributed by atoms with E-state index >= 15 is 0 Å². The van der Waals surface area contributed by atoms with E-state index < -0.39 is 0 Å². The molecule has 134 valence electrons. The lowest BCUT2D eigenvalue weighted by molar-refractivity contribution is -0.0149. The van der Waals surface area contributed by atoms with Crippen LogP contribution in [-0.4, -0.2) is 40.8 Å². The fourth-order valence-electron chi connectivity index (χ4n) is 6.21. The standard InChI is InChI=1S/C21H28N2O2/c1-3-14-8-13-9-18-20(14)22(11-13)7-6-16-17-10-15(25-2)4-5-19(17)23(12-24)21(16)18/h4-5,10,13-14,18,20,24H,3,6-9,11-12H2,1-2H3/t13-,14+,18-,20+/m0/s1. The second-order valence-corrected chi connectivity index (χ2v) is 8.16. The maximum absolute atomic E-state index is 10.2. The molecule has 2 aromatic rings. The lowest BCUT2D eigenvalue weighted by Crippen LogP contribution is -2.56. The molecule has 0 amide bonds. The minimum absolute atomic E-state index is 0.0723. The van der Waals surface area contributed by atoms with Crippen molar-refractivity contribution >= 4 is 10.9 Å². The SMILES string of the molecule is CC[C@@H]1C[C@H]2C[C@@H]3c4c(c5cc(OC)ccc5n4CO)CCN(C2)[C@H]13. The zero-order valence-electron chi connectivity index (χ0n) is 15.2. The predicted molar refractivity (Wildman–Crippen MR) is 99.0 cm³/mol. The summed E-state index contributed by atoms with van der Waals surface area (Å²) in [6, 6.07) is 6.96. The molecule has 4 heteroatoms. The average molecular weight is 340 g/mol. The van der Waals surface area contributed by atoms with Crippen molar-refractivity contribution in [2.24, 2.45) is 11.8 Å². The van der Waals surface area contributed by atoms with Crippen LogP contribution in [0.4, 0.5) is 0 Å². The van der Waals surface area contributed by atoms with E-state index in [1.807, 2.05) is 6.07 Å². The van der Waals surface area contributed by atoms with Crippen molar-refractivity contribution in [1.82, 2.24) is 9.47 Å². The van der Waals surface area contributed by atoms with Gasteiger partial charge in [-0.15, -0.1) is 0 Å². The molecule has 3 fully saturated rings. The molecule has 4 nitrogen and oxygen atoms in total. The number of aromatic nitrogens is 1. The van der Waals surface area contributed by atoms with Crippen LogP contribution >= 0.6 is 0 Å². The van der Waals surface area contributed by atoms with Gasteiger partial charge in [-0.1, -0.05) is 13.3 Å². The molecule has 4 bridgehead atoms. The second kappa shape index (κ2) is 5.75. The highest BCUT2D eigenvalue weighted by atomic mass is 16.5. The molecule has 25 heavy (non-hydrogen) atoms. The summed E-state index contributed by atoms with van der Waals surface area (Å²) in [5, 5.41) is 11.5. The fourth-order valence-corrected chi connectivity index (χ4v) is 6.21. The first-order valence-corrected chi connectivity index (χ1v) is 9.79. The van der Waals surface area contributed by atoms with Gasteiger partial charge < -0.3 is 14.4 Å². The van der Waals surface area contributed by atoms with Crippen LogP contribution in [0.15, 0.2) is 18.2 Å². The lowest BCUT2D eigenvalue weighted by Gasteiger charge is -2.53. The third kappa shape index (κ3) is 2.13. The Kier molecular flexibility index (Phi) is 3.61. The summed E-state index contributed by atoms with van der Waals surface area (Å²) in [4.78, 5) is 2.77. The van der Waals surface area contributed by atoms with Gasteiger partial charge in [0.05, 0.1) is 12.6 Å². The van der Waals surface area contributed by atoms with Gasteiger partial charge in [0.25, 0.3) is 0 Å². The molecule has 1 N–H and O–H groups in total. The Balaban J connectivity index is 1.73. The number of methoxy groups -OCH3 is 1. The largest absolute Gasteiger partial charge is 0.497 e. The molecule has 0 radical (unpaired) electrons. The maximum Gasteiger partial charge on any atom is 0.119 e. The maximum atomic E-state index is 10.2. The highest BCUT2D eigenvalue weighted by Crippen LogP contribution is 2.52. The smallest absolute Gasteiger partial charge is 0.119 e. The number of ether oxygens (including phenoxy) is 1. The van der Waals surface area contributed by atoms with E-state index in [4.69, 9.17) is 4.74 Å². The summed E-state index contributed by atoms with van der Waals surface area (Å²) in [6.07, 6.45) is 5.05. The van der Waals surface area contributed by atoms with Crippen LogP contribution in [-0.2, 0) is 13.2 Å². The molecule has 6 rings (SSSR count). The monoisotopic (exact) mass is 340 g/mol. The Morgan fingerprint density at radius 3 is 2.92 bits per heavy atom. The van der Waals surface area contributed by atoms with Crippen molar-refractivity contribution in [2.75, 3.05) is 20.2 Å².